The topological polar surface area (TPSA) is 58.4 Å². The molecule has 0 spiro atoms. The van der Waals surface area contributed by atoms with E-state index in [1.165, 1.54) is 19.1 Å². The molecule has 5 nitrogen and oxygen atoms in total. The summed E-state index contributed by atoms with van der Waals surface area (Å²) in [6, 6.07) is 3.35. The lowest BCUT2D eigenvalue weighted by Gasteiger charge is -2.15. The van der Waals surface area contributed by atoms with Gasteiger partial charge >= 0.3 is 0 Å². The number of benzene rings is 1. The summed E-state index contributed by atoms with van der Waals surface area (Å²) in [6.07, 6.45) is 0.887. The van der Waals surface area contributed by atoms with Crippen LogP contribution < -0.4 is 5.32 Å². The van der Waals surface area contributed by atoms with Crippen molar-refractivity contribution < 1.29 is 18.0 Å². The second-order valence-electron chi connectivity index (χ2n) is 6.10. The van der Waals surface area contributed by atoms with E-state index in [2.05, 4.69) is 15.2 Å². The van der Waals surface area contributed by atoms with Gasteiger partial charge in [-0.3, -0.25) is 9.69 Å². The lowest BCUT2D eigenvalue weighted by Crippen LogP contribution is -2.35. The molecule has 1 aliphatic rings. The summed E-state index contributed by atoms with van der Waals surface area (Å²) in [5.41, 5.74) is 1.01. The molecular formula is C17H19F2N3O2. The van der Waals surface area contributed by atoms with Crippen molar-refractivity contribution in [3.8, 4) is 11.5 Å². The molecule has 1 amide bonds. The molecule has 7 heteroatoms. The molecule has 1 aromatic heterocycles. The highest BCUT2D eigenvalue weighted by molar-refractivity contribution is 5.73. The van der Waals surface area contributed by atoms with Gasteiger partial charge in [0.05, 0.1) is 5.69 Å². The van der Waals surface area contributed by atoms with E-state index < -0.39 is 11.6 Å². The fourth-order valence-corrected chi connectivity index (χ4v) is 2.97. The number of likely N-dealkylation sites (tertiary alicyclic amines) is 1. The Hall–Kier alpha value is -2.28. The van der Waals surface area contributed by atoms with Crippen molar-refractivity contribution in [2.24, 2.45) is 0 Å². The summed E-state index contributed by atoms with van der Waals surface area (Å²) < 4.78 is 32.3. The van der Waals surface area contributed by atoms with Gasteiger partial charge in [-0.1, -0.05) is 0 Å². The Labute approximate surface area is 138 Å². The monoisotopic (exact) mass is 335 g/mol. The van der Waals surface area contributed by atoms with E-state index in [1.54, 1.807) is 6.92 Å². The van der Waals surface area contributed by atoms with Gasteiger partial charge in [0.2, 0.25) is 11.8 Å². The molecule has 24 heavy (non-hydrogen) atoms. The summed E-state index contributed by atoms with van der Waals surface area (Å²) in [6.45, 7) is 5.46. The molecule has 2 heterocycles. The molecule has 0 bridgehead atoms. The fraction of sp³-hybridized carbons (Fsp3) is 0.412. The van der Waals surface area contributed by atoms with Crippen molar-refractivity contribution in [3.63, 3.8) is 0 Å². The maximum absolute atomic E-state index is 13.3. The van der Waals surface area contributed by atoms with Crippen LogP contribution in [0.15, 0.2) is 22.6 Å². The largest absolute Gasteiger partial charge is 0.441 e. The van der Waals surface area contributed by atoms with Crippen LogP contribution in [-0.4, -0.2) is 34.9 Å². The first-order valence-electron chi connectivity index (χ1n) is 7.83. The summed E-state index contributed by atoms with van der Waals surface area (Å²) >= 11 is 0. The van der Waals surface area contributed by atoms with E-state index in [0.717, 1.165) is 31.3 Å². The molecule has 128 valence electrons. The van der Waals surface area contributed by atoms with Crippen molar-refractivity contribution >= 4 is 5.91 Å². The van der Waals surface area contributed by atoms with Gasteiger partial charge in [-0.15, -0.1) is 0 Å². The third-order valence-electron chi connectivity index (χ3n) is 4.06. The van der Waals surface area contributed by atoms with Crippen molar-refractivity contribution in [1.82, 2.24) is 15.2 Å². The molecule has 1 unspecified atom stereocenters. The zero-order valence-corrected chi connectivity index (χ0v) is 13.6. The Bertz CT molecular complexity index is 740. The normalized spacial score (nSPS) is 18.1. The summed E-state index contributed by atoms with van der Waals surface area (Å²) in [7, 11) is 0. The smallest absolute Gasteiger partial charge is 0.226 e. The third kappa shape index (κ3) is 3.79. The molecule has 1 saturated heterocycles. The van der Waals surface area contributed by atoms with E-state index in [-0.39, 0.29) is 23.4 Å². The summed E-state index contributed by atoms with van der Waals surface area (Å²) in [4.78, 5) is 17.7. The number of rotatable bonds is 4. The number of carbonyl (C=O) groups is 1. The number of aryl methyl sites for hydroxylation is 1. The maximum Gasteiger partial charge on any atom is 0.226 e. The predicted molar refractivity (Wildman–Crippen MR) is 84.1 cm³/mol. The predicted octanol–water partition coefficient (Wildman–Crippen LogP) is 2.64. The Morgan fingerprint density at radius 3 is 2.75 bits per heavy atom. The number of hydrogen-bond acceptors (Lipinski definition) is 4. The maximum atomic E-state index is 13.3. The van der Waals surface area contributed by atoms with Gasteiger partial charge in [-0.25, -0.2) is 13.8 Å². The average molecular weight is 335 g/mol. The van der Waals surface area contributed by atoms with Crippen LogP contribution in [0.2, 0.25) is 0 Å². The van der Waals surface area contributed by atoms with E-state index in [9.17, 15) is 13.6 Å². The minimum atomic E-state index is -0.667. The second-order valence-corrected chi connectivity index (χ2v) is 6.10. The first-order valence-corrected chi connectivity index (χ1v) is 7.83. The lowest BCUT2D eigenvalue weighted by atomic mass is 10.2. The number of aromatic nitrogens is 1. The van der Waals surface area contributed by atoms with Crippen LogP contribution in [0.5, 0.6) is 0 Å². The molecule has 0 radical (unpaired) electrons. The molecule has 1 aliphatic heterocycles. The SMILES string of the molecule is CC(=O)NC1CCN(Cc2nc(-c3cc(F)cc(F)c3)oc2C)C1. The van der Waals surface area contributed by atoms with Crippen molar-refractivity contribution in [1.29, 1.82) is 0 Å². The van der Waals surface area contributed by atoms with Gasteiger partial charge < -0.3 is 9.73 Å². The minimum Gasteiger partial charge on any atom is -0.441 e. The zero-order valence-electron chi connectivity index (χ0n) is 13.6. The first kappa shape index (κ1) is 16.6. The highest BCUT2D eigenvalue weighted by Gasteiger charge is 2.25. The van der Waals surface area contributed by atoms with E-state index in [0.29, 0.717) is 12.3 Å². The van der Waals surface area contributed by atoms with Gasteiger partial charge in [0.1, 0.15) is 17.4 Å². The van der Waals surface area contributed by atoms with Crippen molar-refractivity contribution in [2.75, 3.05) is 13.1 Å². The Kier molecular flexibility index (Phi) is 4.62. The number of amides is 1. The van der Waals surface area contributed by atoms with Crippen LogP contribution in [0, 0.1) is 18.6 Å². The quantitative estimate of drug-likeness (QED) is 0.933. The molecule has 1 atom stereocenters. The highest BCUT2D eigenvalue weighted by atomic mass is 19.1. The molecule has 1 N–H and O–H groups in total. The summed E-state index contributed by atoms with van der Waals surface area (Å²) in [5.74, 6) is -0.536. The summed E-state index contributed by atoms with van der Waals surface area (Å²) in [5, 5.41) is 2.91. The molecule has 2 aromatic rings. The number of nitrogens with one attached hydrogen (secondary N) is 1. The van der Waals surface area contributed by atoms with Crippen LogP contribution in [0.3, 0.4) is 0 Å². The number of carbonyl (C=O) groups excluding carboxylic acids is 1. The van der Waals surface area contributed by atoms with Gasteiger partial charge in [0, 0.05) is 44.2 Å². The highest BCUT2D eigenvalue weighted by Crippen LogP contribution is 2.25. The van der Waals surface area contributed by atoms with E-state index in [4.69, 9.17) is 4.42 Å². The van der Waals surface area contributed by atoms with Crippen LogP contribution in [0.25, 0.3) is 11.5 Å². The fourth-order valence-electron chi connectivity index (χ4n) is 2.97. The van der Waals surface area contributed by atoms with E-state index in [1.807, 2.05) is 0 Å². The molecule has 3 rings (SSSR count). The molecular weight excluding hydrogens is 316 g/mol. The third-order valence-corrected chi connectivity index (χ3v) is 4.06. The van der Waals surface area contributed by atoms with Crippen LogP contribution in [0.1, 0.15) is 24.8 Å². The number of nitrogens with zero attached hydrogens (tertiary/aromatic N) is 2. The Balaban J connectivity index is 1.72. The first-order chi connectivity index (χ1) is 11.4. The minimum absolute atomic E-state index is 0.0325. The van der Waals surface area contributed by atoms with E-state index >= 15 is 0 Å². The molecule has 0 saturated carbocycles. The average Bonchev–Trinajstić information content (AvgIpc) is 3.05. The lowest BCUT2D eigenvalue weighted by molar-refractivity contribution is -0.119. The van der Waals surface area contributed by atoms with Crippen LogP contribution in [0.4, 0.5) is 8.78 Å². The van der Waals surface area contributed by atoms with Gasteiger partial charge in [-0.2, -0.15) is 0 Å². The standard InChI is InChI=1S/C17H19F2N3O2/c1-10-16(9-22-4-3-15(8-22)20-11(2)23)21-17(24-10)12-5-13(18)7-14(19)6-12/h5-7,15H,3-4,8-9H2,1-2H3,(H,20,23). The van der Waals surface area contributed by atoms with Crippen LogP contribution >= 0.6 is 0 Å². The second kappa shape index (κ2) is 6.68. The molecule has 1 fully saturated rings. The van der Waals surface area contributed by atoms with Crippen molar-refractivity contribution in [2.45, 2.75) is 32.9 Å². The Morgan fingerprint density at radius 1 is 1.38 bits per heavy atom. The van der Waals surface area contributed by atoms with Crippen LogP contribution in [-0.2, 0) is 11.3 Å². The van der Waals surface area contributed by atoms with Gasteiger partial charge in [-0.05, 0) is 25.5 Å². The van der Waals surface area contributed by atoms with Crippen molar-refractivity contribution in [3.05, 3.63) is 41.3 Å². The molecule has 0 aliphatic carbocycles. The number of oxazole rings is 1. The zero-order chi connectivity index (χ0) is 17.3. The van der Waals surface area contributed by atoms with Gasteiger partial charge in [0.15, 0.2) is 0 Å². The number of halogens is 2. The Morgan fingerprint density at radius 2 is 2.08 bits per heavy atom. The van der Waals surface area contributed by atoms with Gasteiger partial charge in [0.25, 0.3) is 0 Å². The molecule has 1 aromatic carbocycles. The number of hydrogen-bond donors (Lipinski definition) is 1.